The number of nitrogens with zero attached hydrogens (tertiary/aromatic N) is 4. The largest absolute Gasteiger partial charge is 0.508 e. The smallest absolute Gasteiger partial charge is 0.277 e. The lowest BCUT2D eigenvalue weighted by molar-refractivity contribution is -0.231. The maximum absolute atomic E-state index is 14.1. The number of hydroxylamine groups is 2. The molecule has 2 saturated carbocycles. The fourth-order valence-electron chi connectivity index (χ4n) is 13.0. The molecule has 2 fully saturated rings. The first-order chi connectivity index (χ1) is 35.3. The summed E-state index contributed by atoms with van der Waals surface area (Å²) in [6, 6.07) is 14.2. The standard InChI is InChI=1S/C58H77N5O11/c1-32(2)26-50(71-8)53(67)34(4)27-35(5)55(73-57(59)70)49-11-9-10-33(3)56(69)63(74-49)47-29-48(65)42(36(6)54(47)68)20-15-39-31-62(61-60-39)24-25-72-41-17-12-37(13-18-41)45-30-58(7)46(22-23-51(58)66)44-19-14-38-28-40(64)16-21-43(38)52(44)45/h9-13,16-18,21,28-29,31-32,34-35,44-46,49-53,55,57,64,66-67,70H,14-15,19-20,22-27,30,59H2,1-8H3/b11-9-,33-10+/t34-,35?,44?,45-,46?,49?,50-,51+,52?,53+,55-,57?,58+/m1/s1. The zero-order chi connectivity index (χ0) is 53.2. The Bertz CT molecular complexity index is 2640. The van der Waals surface area contributed by atoms with Gasteiger partial charge in [-0.1, -0.05) is 76.3 Å². The first-order valence-corrected chi connectivity index (χ1v) is 26.6. The van der Waals surface area contributed by atoms with Gasteiger partial charge in [-0.2, -0.15) is 5.06 Å². The minimum absolute atomic E-state index is 0.136. The van der Waals surface area contributed by atoms with Crippen molar-refractivity contribution in [1.29, 1.82) is 0 Å². The molecule has 16 nitrogen and oxygen atoms in total. The van der Waals surface area contributed by atoms with E-state index in [0.29, 0.717) is 67.5 Å². The van der Waals surface area contributed by atoms with Crippen LogP contribution in [0.4, 0.5) is 0 Å². The van der Waals surface area contributed by atoms with Crippen molar-refractivity contribution in [2.24, 2.45) is 40.7 Å². The van der Waals surface area contributed by atoms with Crippen LogP contribution in [0.1, 0.15) is 128 Å². The van der Waals surface area contributed by atoms with E-state index in [1.807, 2.05) is 38.1 Å². The van der Waals surface area contributed by atoms with Gasteiger partial charge in [-0.3, -0.25) is 25.0 Å². The predicted molar refractivity (Wildman–Crippen MR) is 277 cm³/mol. The summed E-state index contributed by atoms with van der Waals surface area (Å²) in [5, 5.41) is 52.5. The van der Waals surface area contributed by atoms with E-state index in [4.69, 9.17) is 24.8 Å². The summed E-state index contributed by atoms with van der Waals surface area (Å²) in [5.74, 6) is 0.466. The van der Waals surface area contributed by atoms with Gasteiger partial charge in [0, 0.05) is 36.1 Å². The first-order valence-electron chi connectivity index (χ1n) is 26.6. The summed E-state index contributed by atoms with van der Waals surface area (Å²) in [5.41, 5.74) is 10.5. The Kier molecular flexibility index (Phi) is 17.3. The maximum Gasteiger partial charge on any atom is 0.277 e. The highest BCUT2D eigenvalue weighted by atomic mass is 16.7. The average molecular weight is 1020 g/mol. The number of rotatable bonds is 20. The van der Waals surface area contributed by atoms with Gasteiger partial charge in [-0.15, -0.1) is 5.10 Å². The van der Waals surface area contributed by atoms with Gasteiger partial charge in [0.05, 0.1) is 36.7 Å². The van der Waals surface area contributed by atoms with Gasteiger partial charge in [0.2, 0.25) is 12.2 Å². The third kappa shape index (κ3) is 11.7. The highest BCUT2D eigenvalue weighted by Crippen LogP contribution is 2.65. The van der Waals surface area contributed by atoms with E-state index in [1.165, 1.54) is 16.7 Å². The second-order valence-corrected chi connectivity index (χ2v) is 22.3. The van der Waals surface area contributed by atoms with Crippen LogP contribution >= 0.6 is 0 Å². The van der Waals surface area contributed by atoms with Crippen molar-refractivity contribution in [3.63, 3.8) is 0 Å². The number of benzene rings is 2. The molecular formula is C58H77N5O11. The number of Topliss-reactive ketones (excluding diaryl/α,β-unsaturated/α-hetero) is 1. The number of fused-ring (bicyclic) bond motifs is 5. The van der Waals surface area contributed by atoms with E-state index in [9.17, 15) is 34.8 Å². The number of hydrogen-bond acceptors (Lipinski definition) is 14. The number of carbonyl (C=O) groups is 3. The summed E-state index contributed by atoms with van der Waals surface area (Å²) in [6.45, 7) is 14.0. The molecule has 1 aliphatic heterocycles. The molecule has 8 rings (SSSR count). The Morgan fingerprint density at radius 1 is 0.973 bits per heavy atom. The Labute approximate surface area is 435 Å². The summed E-state index contributed by atoms with van der Waals surface area (Å²) in [4.78, 5) is 48.2. The molecule has 16 heteroatoms. The number of aliphatic hydroxyl groups excluding tert-OH is 3. The Morgan fingerprint density at radius 3 is 2.45 bits per heavy atom. The Morgan fingerprint density at radius 2 is 1.73 bits per heavy atom. The van der Waals surface area contributed by atoms with Crippen LogP contribution in [0, 0.1) is 35.0 Å². The van der Waals surface area contributed by atoms with Gasteiger partial charge in [0.1, 0.15) is 29.9 Å². The molecule has 2 heterocycles. The van der Waals surface area contributed by atoms with Crippen molar-refractivity contribution in [3.8, 4) is 11.5 Å². The molecule has 0 spiro atoms. The van der Waals surface area contributed by atoms with Gasteiger partial charge in [0.25, 0.3) is 5.91 Å². The fraction of sp³-hybridized carbons (Fsp3) is 0.569. The number of phenolic OH excluding ortho intramolecular Hbond substituents is 1. The lowest BCUT2D eigenvalue weighted by atomic mass is 9.51. The molecule has 0 radical (unpaired) electrons. The van der Waals surface area contributed by atoms with E-state index >= 15 is 0 Å². The molecule has 5 aliphatic rings. The second-order valence-electron chi connectivity index (χ2n) is 22.3. The van der Waals surface area contributed by atoms with Crippen molar-refractivity contribution in [3.05, 3.63) is 118 Å². The highest BCUT2D eigenvalue weighted by Gasteiger charge is 2.58. The van der Waals surface area contributed by atoms with E-state index in [1.54, 1.807) is 50.1 Å². The topological polar surface area (TPSA) is 229 Å². The van der Waals surface area contributed by atoms with Gasteiger partial charge >= 0.3 is 0 Å². The Hall–Kier alpha value is -5.33. The lowest BCUT2D eigenvalue weighted by Crippen LogP contribution is -2.48. The minimum atomic E-state index is -1.71. The average Bonchev–Trinajstić information content (AvgIpc) is 3.95. The van der Waals surface area contributed by atoms with E-state index < -0.39 is 54.2 Å². The third-order valence-electron chi connectivity index (χ3n) is 16.9. The summed E-state index contributed by atoms with van der Waals surface area (Å²) in [7, 11) is 1.57. The number of aliphatic hydroxyl groups is 3. The molecule has 6 N–H and O–H groups in total. The number of aryl methyl sites for hydroxylation is 2. The molecule has 1 amide bonds. The van der Waals surface area contributed by atoms with Crippen LogP contribution < -0.4 is 10.5 Å². The molecule has 4 aliphatic carbocycles. The summed E-state index contributed by atoms with van der Waals surface area (Å²) in [6.07, 6.45) is 8.90. The van der Waals surface area contributed by atoms with Gasteiger partial charge in [0.15, 0.2) is 5.78 Å². The Balaban J connectivity index is 0.881. The number of amides is 1. The van der Waals surface area contributed by atoms with Crippen LogP contribution in [0.5, 0.6) is 11.5 Å². The summed E-state index contributed by atoms with van der Waals surface area (Å²) < 4.78 is 19.3. The highest BCUT2D eigenvalue weighted by molar-refractivity contribution is 6.23. The molecule has 1 aromatic heterocycles. The predicted octanol–water partition coefficient (Wildman–Crippen LogP) is 7.31. The fourth-order valence-corrected chi connectivity index (χ4v) is 13.0. The molecule has 3 aromatic rings. The molecule has 0 bridgehead atoms. The number of ketones is 2. The maximum atomic E-state index is 14.1. The van der Waals surface area contributed by atoms with Crippen LogP contribution in [0.2, 0.25) is 0 Å². The SMILES string of the molecule is CO[C@H](CC(C)C)[C@@H](O)[C@H](C)CC(C)[C@@H](OC(N)O)C1/C=C\C=C(/C)C(=O)N(C2=CC(=O)C(CCc3cn(CCOc4ccc([C@H]5C[C@@]6(C)C(CC[C@@H]6O)C6CCc7cc(O)ccc7C65)cc4)nn3)=C(C)C2=O)O1. The molecule has 74 heavy (non-hydrogen) atoms. The molecule has 400 valence electrons. The van der Waals surface area contributed by atoms with Crippen molar-refractivity contribution >= 4 is 17.5 Å². The van der Waals surface area contributed by atoms with Gasteiger partial charge in [-0.05, 0) is 159 Å². The van der Waals surface area contributed by atoms with Gasteiger partial charge in [-0.25, -0.2) is 4.68 Å². The van der Waals surface area contributed by atoms with E-state index in [0.717, 1.165) is 49.0 Å². The third-order valence-corrected chi connectivity index (χ3v) is 16.9. The van der Waals surface area contributed by atoms with Crippen LogP contribution in [-0.2, 0) is 48.1 Å². The number of phenols is 1. The zero-order valence-corrected chi connectivity index (χ0v) is 44.2. The number of methoxy groups -OCH3 is 1. The van der Waals surface area contributed by atoms with Crippen LogP contribution in [0.3, 0.4) is 0 Å². The molecule has 6 unspecified atom stereocenters. The number of hydrogen-bond donors (Lipinski definition) is 5. The van der Waals surface area contributed by atoms with Crippen LogP contribution in [-0.4, -0.2) is 109 Å². The van der Waals surface area contributed by atoms with Crippen molar-refractivity contribution in [2.45, 2.75) is 162 Å². The number of aromatic hydroxyl groups is 1. The first kappa shape index (κ1) is 54.9. The number of ether oxygens (including phenoxy) is 3. The number of aromatic nitrogens is 3. The molecular weight excluding hydrogens is 943 g/mol. The zero-order valence-electron chi connectivity index (χ0n) is 44.2. The normalized spacial score (nSPS) is 28.7. The van der Waals surface area contributed by atoms with Crippen molar-refractivity contribution in [1.82, 2.24) is 20.1 Å². The quantitative estimate of drug-likeness (QED) is 0.0553. The van der Waals surface area contributed by atoms with E-state index in [-0.39, 0.29) is 52.2 Å². The molecule has 13 atom stereocenters. The van der Waals surface area contributed by atoms with Crippen molar-refractivity contribution in [2.75, 3.05) is 13.7 Å². The monoisotopic (exact) mass is 1020 g/mol. The minimum Gasteiger partial charge on any atom is -0.508 e. The molecule has 2 aromatic carbocycles. The second kappa shape index (κ2) is 23.3. The number of allylic oxidation sites excluding steroid dienone is 5. The van der Waals surface area contributed by atoms with Gasteiger partial charge < -0.3 is 34.6 Å². The van der Waals surface area contributed by atoms with Crippen LogP contribution in [0.15, 0.2) is 95.4 Å². The lowest BCUT2D eigenvalue weighted by Gasteiger charge is -2.54. The number of nitrogens with two attached hydrogens (primary N) is 1. The van der Waals surface area contributed by atoms with E-state index in [2.05, 4.69) is 49.3 Å². The van der Waals surface area contributed by atoms with Crippen LogP contribution in [0.25, 0.3) is 0 Å². The summed E-state index contributed by atoms with van der Waals surface area (Å²) >= 11 is 0. The van der Waals surface area contributed by atoms with Crippen molar-refractivity contribution < 1.29 is 53.9 Å². The number of carbonyl (C=O) groups excluding carboxylic acids is 3. The molecule has 0 saturated heterocycles.